The van der Waals surface area contributed by atoms with Gasteiger partial charge in [-0.1, -0.05) is 17.4 Å². The summed E-state index contributed by atoms with van der Waals surface area (Å²) < 4.78 is 1.89. The van der Waals surface area contributed by atoms with Crippen molar-refractivity contribution in [3.05, 3.63) is 54.3 Å². The van der Waals surface area contributed by atoms with Gasteiger partial charge < -0.3 is 5.32 Å². The van der Waals surface area contributed by atoms with E-state index >= 15 is 0 Å². The largest absolute Gasteiger partial charge is 0.378 e. The predicted molar refractivity (Wildman–Crippen MR) is 80.1 cm³/mol. The number of para-hydroxylation sites is 1. The minimum absolute atomic E-state index is 0.165. The highest BCUT2D eigenvalue weighted by Gasteiger charge is 2.10. The summed E-state index contributed by atoms with van der Waals surface area (Å²) in [6, 6.07) is 9.08. The van der Waals surface area contributed by atoms with Gasteiger partial charge in [0.1, 0.15) is 0 Å². The fourth-order valence-corrected chi connectivity index (χ4v) is 3.44. The highest BCUT2D eigenvalue weighted by molar-refractivity contribution is 9.11. The molecule has 18 heavy (non-hydrogen) atoms. The fourth-order valence-electron chi connectivity index (χ4n) is 1.40. The van der Waals surface area contributed by atoms with Crippen molar-refractivity contribution in [2.75, 3.05) is 5.32 Å². The first-order valence-corrected chi connectivity index (χ1v) is 7.39. The van der Waals surface area contributed by atoms with Gasteiger partial charge in [-0.3, -0.25) is 10.1 Å². The molecular weight excluding hydrogens is 384 g/mol. The summed E-state index contributed by atoms with van der Waals surface area (Å²) in [4.78, 5) is 11.1. The molecule has 0 saturated carbocycles. The molecule has 7 heteroatoms. The summed E-state index contributed by atoms with van der Waals surface area (Å²) >= 11 is 8.08. The number of rotatable bonds is 4. The highest BCUT2D eigenvalue weighted by Crippen LogP contribution is 2.32. The first kappa shape index (κ1) is 13.5. The quantitative estimate of drug-likeness (QED) is 0.601. The lowest BCUT2D eigenvalue weighted by Gasteiger charge is -2.09. The number of benzene rings is 1. The molecule has 0 aliphatic carbocycles. The van der Waals surface area contributed by atoms with Gasteiger partial charge in [-0.25, -0.2) is 0 Å². The Kier molecular flexibility index (Phi) is 4.36. The van der Waals surface area contributed by atoms with Crippen LogP contribution >= 0.6 is 43.2 Å². The van der Waals surface area contributed by atoms with Crippen LogP contribution in [0.4, 0.5) is 10.7 Å². The van der Waals surface area contributed by atoms with Crippen molar-refractivity contribution in [2.45, 2.75) is 6.54 Å². The van der Waals surface area contributed by atoms with E-state index in [4.69, 9.17) is 0 Å². The van der Waals surface area contributed by atoms with E-state index in [1.54, 1.807) is 6.07 Å². The molecule has 0 fully saturated rings. The minimum Gasteiger partial charge on any atom is -0.378 e. The van der Waals surface area contributed by atoms with E-state index in [0.29, 0.717) is 6.54 Å². The molecule has 0 atom stereocenters. The smallest absolute Gasteiger partial charge is 0.324 e. The molecule has 0 saturated heterocycles. The highest BCUT2D eigenvalue weighted by atomic mass is 79.9. The molecule has 0 aliphatic heterocycles. The van der Waals surface area contributed by atoms with Crippen molar-refractivity contribution in [2.24, 2.45) is 0 Å². The Bertz CT molecular complexity index is 566. The third kappa shape index (κ3) is 3.09. The van der Waals surface area contributed by atoms with E-state index < -0.39 is 0 Å². The summed E-state index contributed by atoms with van der Waals surface area (Å²) in [6.45, 7) is 0.555. The van der Waals surface area contributed by atoms with Crippen LogP contribution in [0.5, 0.6) is 0 Å². The summed E-state index contributed by atoms with van der Waals surface area (Å²) in [6.07, 6.45) is 0. The molecule has 2 aromatic rings. The van der Waals surface area contributed by atoms with E-state index in [0.717, 1.165) is 19.5 Å². The Labute approximate surface area is 124 Å². The molecule has 0 spiro atoms. The van der Waals surface area contributed by atoms with Crippen LogP contribution in [-0.4, -0.2) is 4.92 Å². The van der Waals surface area contributed by atoms with Gasteiger partial charge in [-0.05, 0) is 50.1 Å². The van der Waals surface area contributed by atoms with Crippen LogP contribution in [-0.2, 0) is 6.54 Å². The lowest BCUT2D eigenvalue weighted by atomic mass is 10.3. The number of nitrogens with one attached hydrogen (secondary N) is 1. The second kappa shape index (κ2) is 5.81. The zero-order valence-corrected chi connectivity index (χ0v) is 13.0. The summed E-state index contributed by atoms with van der Waals surface area (Å²) in [5.74, 6) is 0. The van der Waals surface area contributed by atoms with Gasteiger partial charge in [0.15, 0.2) is 0 Å². The molecule has 1 aromatic heterocycles. The molecule has 0 amide bonds. The summed E-state index contributed by atoms with van der Waals surface area (Å²) in [7, 11) is 0. The molecule has 1 heterocycles. The van der Waals surface area contributed by atoms with E-state index in [-0.39, 0.29) is 9.92 Å². The average molecular weight is 392 g/mol. The first-order chi connectivity index (χ1) is 8.58. The topological polar surface area (TPSA) is 55.2 Å². The molecule has 94 valence electrons. The molecule has 2 rings (SSSR count). The maximum absolute atomic E-state index is 10.6. The monoisotopic (exact) mass is 390 g/mol. The van der Waals surface area contributed by atoms with Gasteiger partial charge in [0, 0.05) is 26.4 Å². The molecule has 1 N–H and O–H groups in total. The Balaban J connectivity index is 2.09. The Hall–Kier alpha value is -0.920. The standard InChI is InChI=1S/C11H8Br2N2O2S/c12-8-2-1-3-9(13)11(8)14-6-7-4-5-10(18-7)15(16)17/h1-5,14H,6H2. The van der Waals surface area contributed by atoms with Crippen molar-refractivity contribution < 1.29 is 4.92 Å². The third-order valence-electron chi connectivity index (χ3n) is 2.23. The normalized spacial score (nSPS) is 10.3. The Morgan fingerprint density at radius 2 is 1.89 bits per heavy atom. The van der Waals surface area contributed by atoms with Gasteiger partial charge in [0.25, 0.3) is 0 Å². The number of hydrogen-bond donors (Lipinski definition) is 1. The van der Waals surface area contributed by atoms with Gasteiger partial charge in [0.05, 0.1) is 10.6 Å². The Morgan fingerprint density at radius 3 is 2.44 bits per heavy atom. The lowest BCUT2D eigenvalue weighted by molar-refractivity contribution is -0.380. The number of anilines is 1. The second-order valence-electron chi connectivity index (χ2n) is 3.45. The number of nitrogens with zero attached hydrogens (tertiary/aromatic N) is 1. The van der Waals surface area contributed by atoms with Crippen molar-refractivity contribution >= 4 is 53.9 Å². The van der Waals surface area contributed by atoms with Crippen LogP contribution in [0.25, 0.3) is 0 Å². The number of hydrogen-bond acceptors (Lipinski definition) is 4. The average Bonchev–Trinajstić information content (AvgIpc) is 2.77. The summed E-state index contributed by atoms with van der Waals surface area (Å²) in [5, 5.41) is 14.0. The fraction of sp³-hybridized carbons (Fsp3) is 0.0909. The van der Waals surface area contributed by atoms with Gasteiger partial charge in [0.2, 0.25) is 0 Å². The van der Waals surface area contributed by atoms with Crippen LogP contribution in [0.2, 0.25) is 0 Å². The zero-order chi connectivity index (χ0) is 13.1. The number of thiophene rings is 1. The van der Waals surface area contributed by atoms with Crippen molar-refractivity contribution in [3.63, 3.8) is 0 Å². The van der Waals surface area contributed by atoms with Crippen LogP contribution in [0, 0.1) is 10.1 Å². The number of nitro groups is 1. The Morgan fingerprint density at radius 1 is 1.22 bits per heavy atom. The molecule has 0 unspecified atom stereocenters. The molecular formula is C11H8Br2N2O2S. The maximum Gasteiger partial charge on any atom is 0.324 e. The van der Waals surface area contributed by atoms with Crippen molar-refractivity contribution in [1.82, 2.24) is 0 Å². The molecule has 1 aromatic carbocycles. The van der Waals surface area contributed by atoms with Crippen LogP contribution in [0.3, 0.4) is 0 Å². The molecule has 0 radical (unpaired) electrons. The number of halogens is 2. The van der Waals surface area contributed by atoms with E-state index in [2.05, 4.69) is 37.2 Å². The van der Waals surface area contributed by atoms with E-state index in [1.807, 2.05) is 18.2 Å². The van der Waals surface area contributed by atoms with Crippen molar-refractivity contribution in [1.29, 1.82) is 0 Å². The molecule has 4 nitrogen and oxygen atoms in total. The van der Waals surface area contributed by atoms with Crippen LogP contribution in [0.1, 0.15) is 4.88 Å². The third-order valence-corrected chi connectivity index (χ3v) is 4.59. The zero-order valence-electron chi connectivity index (χ0n) is 9.02. The second-order valence-corrected chi connectivity index (χ2v) is 6.30. The van der Waals surface area contributed by atoms with E-state index in [1.165, 1.54) is 17.4 Å². The van der Waals surface area contributed by atoms with Gasteiger partial charge in [-0.2, -0.15) is 0 Å². The minimum atomic E-state index is -0.373. The van der Waals surface area contributed by atoms with Gasteiger partial charge in [-0.15, -0.1) is 0 Å². The van der Waals surface area contributed by atoms with E-state index in [9.17, 15) is 10.1 Å². The first-order valence-electron chi connectivity index (χ1n) is 4.99. The molecule has 0 bridgehead atoms. The van der Waals surface area contributed by atoms with Gasteiger partial charge >= 0.3 is 5.00 Å². The predicted octanol–water partition coefficient (Wildman–Crippen LogP) is 4.79. The summed E-state index contributed by atoms with van der Waals surface area (Å²) in [5.41, 5.74) is 0.938. The van der Waals surface area contributed by atoms with Crippen LogP contribution < -0.4 is 5.32 Å². The SMILES string of the molecule is O=[N+]([O-])c1ccc(CNc2c(Br)cccc2Br)s1. The van der Waals surface area contributed by atoms with Crippen LogP contribution in [0.15, 0.2) is 39.3 Å². The van der Waals surface area contributed by atoms with Crippen molar-refractivity contribution in [3.8, 4) is 0 Å². The molecule has 0 aliphatic rings. The lowest BCUT2D eigenvalue weighted by Crippen LogP contribution is -1.98. The maximum atomic E-state index is 10.6.